The number of carbonyl (C=O) groups is 3. The van der Waals surface area contributed by atoms with Crippen molar-refractivity contribution in [2.24, 2.45) is 5.92 Å². The summed E-state index contributed by atoms with van der Waals surface area (Å²) in [6, 6.07) is 16.4. The lowest BCUT2D eigenvalue weighted by molar-refractivity contribution is -0.138. The Labute approximate surface area is 197 Å². The molecule has 1 aliphatic heterocycles. The largest absolute Gasteiger partial charge is 0.481 e. The third-order valence-corrected chi connectivity index (χ3v) is 7.11. The van der Waals surface area contributed by atoms with Gasteiger partial charge in [-0.1, -0.05) is 48.5 Å². The Hall–Kier alpha value is -3.00. The third kappa shape index (κ3) is 5.68. The van der Waals surface area contributed by atoms with Crippen LogP contribution < -0.4 is 5.32 Å². The van der Waals surface area contributed by atoms with Crippen molar-refractivity contribution in [3.63, 3.8) is 0 Å². The van der Waals surface area contributed by atoms with Crippen LogP contribution in [0, 0.1) is 5.92 Å². The highest BCUT2D eigenvalue weighted by molar-refractivity contribution is 7.99. The van der Waals surface area contributed by atoms with Crippen molar-refractivity contribution in [3.8, 4) is 11.1 Å². The van der Waals surface area contributed by atoms with Gasteiger partial charge in [-0.25, -0.2) is 4.79 Å². The maximum absolute atomic E-state index is 12.2. The van der Waals surface area contributed by atoms with Crippen molar-refractivity contribution in [3.05, 3.63) is 59.7 Å². The topological polar surface area (TPSA) is 95.9 Å². The van der Waals surface area contributed by atoms with Crippen molar-refractivity contribution in [1.82, 2.24) is 10.2 Å². The van der Waals surface area contributed by atoms with Gasteiger partial charge in [-0.15, -0.1) is 0 Å². The van der Waals surface area contributed by atoms with Crippen LogP contribution in [0.15, 0.2) is 48.5 Å². The Morgan fingerprint density at radius 2 is 1.67 bits per heavy atom. The SMILES string of the molecule is O=C(O)CCC1CN(C(=O)CSCCNC(=O)OCC2c3ccccc3-c3ccccc32)C1. The number of benzene rings is 2. The van der Waals surface area contributed by atoms with Gasteiger partial charge in [0.15, 0.2) is 0 Å². The van der Waals surface area contributed by atoms with E-state index in [0.29, 0.717) is 43.5 Å². The van der Waals surface area contributed by atoms with Crippen LogP contribution in [0.3, 0.4) is 0 Å². The minimum absolute atomic E-state index is 0.0333. The van der Waals surface area contributed by atoms with E-state index in [0.717, 1.165) is 0 Å². The molecule has 0 spiro atoms. The number of likely N-dealkylation sites (tertiary alicyclic amines) is 1. The van der Waals surface area contributed by atoms with E-state index in [2.05, 4.69) is 29.6 Å². The molecule has 1 heterocycles. The number of amides is 2. The van der Waals surface area contributed by atoms with Crippen molar-refractivity contribution in [2.45, 2.75) is 18.8 Å². The van der Waals surface area contributed by atoms with Crippen LogP contribution in [0.5, 0.6) is 0 Å². The zero-order chi connectivity index (χ0) is 23.2. The molecule has 0 bridgehead atoms. The molecule has 33 heavy (non-hydrogen) atoms. The fraction of sp³-hybridized carbons (Fsp3) is 0.400. The number of thioether (sulfide) groups is 1. The molecular formula is C25H28N2O5S. The smallest absolute Gasteiger partial charge is 0.407 e. The first-order valence-electron chi connectivity index (χ1n) is 11.2. The first-order chi connectivity index (χ1) is 16.0. The number of alkyl carbamates (subject to hydrolysis) is 1. The van der Waals surface area contributed by atoms with E-state index in [-0.39, 0.29) is 24.9 Å². The number of carboxylic acids is 1. The standard InChI is InChI=1S/C25H28N2O5S/c28-23(27-13-17(14-27)9-10-24(29)30)16-33-12-11-26-25(31)32-15-22-20-7-3-1-5-18(20)19-6-2-4-8-21(19)22/h1-8,17,22H,9-16H2,(H,26,31)(H,29,30). The summed E-state index contributed by atoms with van der Waals surface area (Å²) >= 11 is 1.47. The fourth-order valence-corrected chi connectivity index (χ4v) is 5.16. The molecule has 0 unspecified atom stereocenters. The normalized spacial score (nSPS) is 14.8. The molecular weight excluding hydrogens is 440 g/mol. The van der Waals surface area contributed by atoms with Gasteiger partial charge in [-0.2, -0.15) is 11.8 Å². The molecule has 2 amide bonds. The summed E-state index contributed by atoms with van der Waals surface area (Å²) in [5, 5.41) is 11.5. The summed E-state index contributed by atoms with van der Waals surface area (Å²) in [6.07, 6.45) is 0.326. The van der Waals surface area contributed by atoms with Gasteiger partial charge in [0.2, 0.25) is 5.91 Å². The van der Waals surface area contributed by atoms with E-state index in [9.17, 15) is 14.4 Å². The Morgan fingerprint density at radius 1 is 1.03 bits per heavy atom. The van der Waals surface area contributed by atoms with Crippen LogP contribution in [0.25, 0.3) is 11.1 Å². The second kappa shape index (κ2) is 10.7. The maximum Gasteiger partial charge on any atom is 0.407 e. The highest BCUT2D eigenvalue weighted by Gasteiger charge is 2.30. The van der Waals surface area contributed by atoms with Crippen molar-refractivity contribution in [2.75, 3.05) is 37.7 Å². The molecule has 2 N–H and O–H groups in total. The molecule has 1 aliphatic carbocycles. The molecule has 2 aromatic carbocycles. The second-order valence-electron chi connectivity index (χ2n) is 8.40. The molecule has 7 nitrogen and oxygen atoms in total. The molecule has 8 heteroatoms. The Balaban J connectivity index is 1.12. The predicted octanol–water partition coefficient (Wildman–Crippen LogP) is 3.58. The van der Waals surface area contributed by atoms with Gasteiger partial charge in [0, 0.05) is 37.7 Å². The highest BCUT2D eigenvalue weighted by Crippen LogP contribution is 2.44. The maximum atomic E-state index is 12.2. The van der Waals surface area contributed by atoms with Crippen LogP contribution in [-0.4, -0.2) is 65.7 Å². The van der Waals surface area contributed by atoms with Crippen LogP contribution in [0.2, 0.25) is 0 Å². The van der Waals surface area contributed by atoms with E-state index in [1.165, 1.54) is 34.0 Å². The fourth-order valence-electron chi connectivity index (χ4n) is 4.41. The first-order valence-corrected chi connectivity index (χ1v) is 12.3. The summed E-state index contributed by atoms with van der Waals surface area (Å²) in [5.74, 6) is 0.577. The molecule has 0 radical (unpaired) electrons. The van der Waals surface area contributed by atoms with Gasteiger partial charge >= 0.3 is 12.1 Å². The number of carboxylic acid groups (broad SMARTS) is 1. The van der Waals surface area contributed by atoms with Crippen LogP contribution in [-0.2, 0) is 14.3 Å². The molecule has 0 atom stereocenters. The number of nitrogens with one attached hydrogen (secondary N) is 1. The summed E-state index contributed by atoms with van der Waals surface area (Å²) in [4.78, 5) is 36.7. The number of hydrogen-bond acceptors (Lipinski definition) is 5. The summed E-state index contributed by atoms with van der Waals surface area (Å²) in [6.45, 7) is 1.99. The minimum Gasteiger partial charge on any atom is -0.481 e. The van der Waals surface area contributed by atoms with Crippen LogP contribution in [0.4, 0.5) is 4.79 Å². The number of fused-ring (bicyclic) bond motifs is 3. The Bertz CT molecular complexity index is 976. The lowest BCUT2D eigenvalue weighted by Crippen LogP contribution is -2.50. The van der Waals surface area contributed by atoms with Crippen molar-refractivity contribution in [1.29, 1.82) is 0 Å². The van der Waals surface area contributed by atoms with Gasteiger partial charge in [-0.3, -0.25) is 9.59 Å². The molecule has 0 saturated carbocycles. The Kier molecular flexibility index (Phi) is 7.54. The summed E-state index contributed by atoms with van der Waals surface area (Å²) < 4.78 is 5.51. The molecule has 2 aromatic rings. The molecule has 4 rings (SSSR count). The van der Waals surface area contributed by atoms with E-state index in [4.69, 9.17) is 9.84 Å². The first kappa shape index (κ1) is 23.2. The summed E-state index contributed by atoms with van der Waals surface area (Å²) in [5.41, 5.74) is 4.74. The van der Waals surface area contributed by atoms with Gasteiger partial charge < -0.3 is 20.1 Å². The van der Waals surface area contributed by atoms with Gasteiger partial charge in [0.1, 0.15) is 6.61 Å². The second-order valence-corrected chi connectivity index (χ2v) is 9.51. The predicted molar refractivity (Wildman–Crippen MR) is 127 cm³/mol. The van der Waals surface area contributed by atoms with Crippen molar-refractivity contribution < 1.29 is 24.2 Å². The summed E-state index contributed by atoms with van der Waals surface area (Å²) in [7, 11) is 0. The minimum atomic E-state index is -0.792. The molecule has 174 valence electrons. The van der Waals surface area contributed by atoms with Gasteiger partial charge in [-0.05, 0) is 34.6 Å². The zero-order valence-electron chi connectivity index (χ0n) is 18.4. The average Bonchev–Trinajstić information content (AvgIpc) is 3.10. The average molecular weight is 469 g/mol. The third-order valence-electron chi connectivity index (χ3n) is 6.16. The van der Waals surface area contributed by atoms with E-state index in [1.54, 1.807) is 4.90 Å². The van der Waals surface area contributed by atoms with Crippen LogP contribution in [0.1, 0.15) is 29.9 Å². The number of carbonyl (C=O) groups excluding carboxylic acids is 2. The number of ether oxygens (including phenoxy) is 1. The van der Waals surface area contributed by atoms with E-state index in [1.807, 2.05) is 24.3 Å². The molecule has 1 saturated heterocycles. The Morgan fingerprint density at radius 3 is 2.30 bits per heavy atom. The molecule has 0 aromatic heterocycles. The molecule has 1 fully saturated rings. The molecule has 2 aliphatic rings. The quantitative estimate of drug-likeness (QED) is 0.518. The van der Waals surface area contributed by atoms with E-state index >= 15 is 0 Å². The number of aliphatic carboxylic acids is 1. The lowest BCUT2D eigenvalue weighted by Gasteiger charge is -2.39. The lowest BCUT2D eigenvalue weighted by atomic mass is 9.95. The monoisotopic (exact) mass is 468 g/mol. The number of nitrogens with zero attached hydrogens (tertiary/aromatic N) is 1. The zero-order valence-corrected chi connectivity index (χ0v) is 19.2. The van der Waals surface area contributed by atoms with Crippen LogP contribution >= 0.6 is 11.8 Å². The van der Waals surface area contributed by atoms with Gasteiger partial charge in [0.25, 0.3) is 0 Å². The van der Waals surface area contributed by atoms with E-state index < -0.39 is 12.1 Å². The number of hydrogen-bond donors (Lipinski definition) is 2. The van der Waals surface area contributed by atoms with Gasteiger partial charge in [0.05, 0.1) is 5.75 Å². The highest BCUT2D eigenvalue weighted by atomic mass is 32.2. The van der Waals surface area contributed by atoms with Crippen molar-refractivity contribution >= 4 is 29.7 Å². The number of rotatable bonds is 10.